The lowest BCUT2D eigenvalue weighted by Crippen LogP contribution is -2.04. The van der Waals surface area contributed by atoms with Crippen molar-refractivity contribution in [3.05, 3.63) is 68.9 Å². The van der Waals surface area contributed by atoms with E-state index in [9.17, 15) is 0 Å². The molecule has 1 N–H and O–H groups in total. The van der Waals surface area contributed by atoms with Crippen LogP contribution in [0.3, 0.4) is 0 Å². The van der Waals surface area contributed by atoms with Crippen molar-refractivity contribution in [1.29, 1.82) is 0 Å². The fourth-order valence-corrected chi connectivity index (χ4v) is 3.37. The van der Waals surface area contributed by atoms with E-state index in [1.165, 1.54) is 4.80 Å². The first kappa shape index (κ1) is 18.7. The number of tetrazole rings is 1. The monoisotopic (exact) mass is 432 g/mol. The zero-order chi connectivity index (χ0) is 19.7. The van der Waals surface area contributed by atoms with Gasteiger partial charge in [0.15, 0.2) is 0 Å². The van der Waals surface area contributed by atoms with Crippen molar-refractivity contribution in [3.8, 4) is 22.8 Å². The largest absolute Gasteiger partial charge is 0.497 e. The Bertz CT molecular complexity index is 1180. The van der Waals surface area contributed by atoms with E-state index in [-0.39, 0.29) is 0 Å². The number of ether oxygens (including phenoxy) is 1. The van der Waals surface area contributed by atoms with Crippen LogP contribution in [0.4, 0.5) is 0 Å². The second-order valence-corrected chi connectivity index (χ2v) is 7.06. The molecule has 7 nitrogen and oxygen atoms in total. The number of rotatable bonds is 5. The van der Waals surface area contributed by atoms with E-state index in [1.54, 1.807) is 30.1 Å². The number of aromatic nitrogens is 6. The predicted octanol–water partition coefficient (Wildman–Crippen LogP) is 4.55. The molecule has 2 aromatic carbocycles. The lowest BCUT2D eigenvalue weighted by molar-refractivity contribution is 0.414. The summed E-state index contributed by atoms with van der Waals surface area (Å²) in [5.41, 5.74) is 2.32. The van der Waals surface area contributed by atoms with Gasteiger partial charge in [0.05, 0.1) is 35.0 Å². The molecule has 0 unspecified atom stereocenters. The van der Waals surface area contributed by atoms with Gasteiger partial charge in [-0.3, -0.25) is 5.10 Å². The minimum absolute atomic E-state index is 0.407. The van der Waals surface area contributed by atoms with Crippen molar-refractivity contribution < 1.29 is 4.74 Å². The molecule has 0 amide bonds. The Kier molecular flexibility index (Phi) is 5.17. The van der Waals surface area contributed by atoms with Crippen LogP contribution in [0.2, 0.25) is 10.0 Å². The van der Waals surface area contributed by atoms with Gasteiger partial charge in [0.25, 0.3) is 0 Å². The SMILES string of the molecule is COc1ccc(Cn2nnc(-c3c[nH]n(-c4cccc(Cl)c4Cl)c3=S)n2)cc1. The molecule has 0 bridgehead atoms. The third-order valence-corrected chi connectivity index (χ3v) is 5.33. The molecule has 0 aliphatic rings. The molecule has 0 radical (unpaired) electrons. The predicted molar refractivity (Wildman–Crippen MR) is 110 cm³/mol. The molecule has 0 fully saturated rings. The molecule has 4 aromatic rings. The first-order valence-corrected chi connectivity index (χ1v) is 9.39. The maximum absolute atomic E-state index is 6.30. The van der Waals surface area contributed by atoms with E-state index in [0.29, 0.717) is 38.3 Å². The van der Waals surface area contributed by atoms with Gasteiger partial charge < -0.3 is 4.74 Å². The van der Waals surface area contributed by atoms with Crippen molar-refractivity contribution >= 4 is 35.4 Å². The molecule has 0 aliphatic carbocycles. The number of aromatic amines is 1. The number of nitrogens with zero attached hydrogens (tertiary/aromatic N) is 5. The fraction of sp³-hybridized carbons (Fsp3) is 0.111. The molecule has 28 heavy (non-hydrogen) atoms. The van der Waals surface area contributed by atoms with Crippen LogP contribution in [0.15, 0.2) is 48.7 Å². The molecular formula is C18H14Cl2N6OS. The van der Waals surface area contributed by atoms with Gasteiger partial charge >= 0.3 is 0 Å². The van der Waals surface area contributed by atoms with Crippen LogP contribution < -0.4 is 4.74 Å². The number of benzene rings is 2. The van der Waals surface area contributed by atoms with Crippen molar-refractivity contribution in [2.75, 3.05) is 7.11 Å². The van der Waals surface area contributed by atoms with Crippen LogP contribution in [0.5, 0.6) is 5.75 Å². The molecular weight excluding hydrogens is 419 g/mol. The Balaban J connectivity index is 1.61. The summed E-state index contributed by atoms with van der Waals surface area (Å²) in [6, 6.07) is 13.0. The van der Waals surface area contributed by atoms with Crippen LogP contribution in [-0.2, 0) is 6.54 Å². The van der Waals surface area contributed by atoms with Crippen LogP contribution in [0, 0.1) is 4.64 Å². The average Bonchev–Trinajstić information content (AvgIpc) is 3.31. The second-order valence-electron chi connectivity index (χ2n) is 5.89. The first-order valence-electron chi connectivity index (χ1n) is 8.23. The van der Waals surface area contributed by atoms with E-state index in [2.05, 4.69) is 20.5 Å². The Labute approximate surface area is 175 Å². The number of hydrogen-bond acceptors (Lipinski definition) is 5. The third-order valence-electron chi connectivity index (χ3n) is 4.12. The zero-order valence-electron chi connectivity index (χ0n) is 14.6. The van der Waals surface area contributed by atoms with Gasteiger partial charge in [-0.15, -0.1) is 10.2 Å². The van der Waals surface area contributed by atoms with Crippen molar-refractivity contribution in [1.82, 2.24) is 30.0 Å². The highest BCUT2D eigenvalue weighted by molar-refractivity contribution is 7.71. The molecule has 0 spiro atoms. The summed E-state index contributed by atoms with van der Waals surface area (Å²) in [6.45, 7) is 0.480. The molecule has 4 rings (SSSR count). The van der Waals surface area contributed by atoms with Gasteiger partial charge in [-0.2, -0.15) is 4.80 Å². The van der Waals surface area contributed by atoms with Gasteiger partial charge in [-0.05, 0) is 35.0 Å². The standard InChI is InChI=1S/C18H14Cl2N6OS/c1-27-12-7-5-11(6-8-12)10-25-23-17(22-24-25)13-9-21-26(18(13)28)15-4-2-3-14(19)16(15)20/h2-9,21H,10H2,1H3. The van der Waals surface area contributed by atoms with Gasteiger partial charge in [-0.25, -0.2) is 4.68 Å². The summed E-state index contributed by atoms with van der Waals surface area (Å²) >= 11 is 18.0. The summed E-state index contributed by atoms with van der Waals surface area (Å²) in [4.78, 5) is 1.51. The Hall–Kier alpha value is -2.68. The summed E-state index contributed by atoms with van der Waals surface area (Å²) < 4.78 is 7.30. The highest BCUT2D eigenvalue weighted by atomic mass is 35.5. The molecule has 10 heteroatoms. The van der Waals surface area contributed by atoms with Gasteiger partial charge in [0.1, 0.15) is 10.4 Å². The number of H-pyrrole nitrogens is 1. The molecule has 0 saturated heterocycles. The Morgan fingerprint density at radius 3 is 2.68 bits per heavy atom. The van der Waals surface area contributed by atoms with E-state index in [0.717, 1.165) is 11.3 Å². The number of nitrogens with one attached hydrogen (secondary N) is 1. The average molecular weight is 433 g/mol. The smallest absolute Gasteiger partial charge is 0.209 e. The van der Waals surface area contributed by atoms with E-state index >= 15 is 0 Å². The Morgan fingerprint density at radius 1 is 1.14 bits per heavy atom. The maximum Gasteiger partial charge on any atom is 0.209 e. The van der Waals surface area contributed by atoms with Crippen LogP contribution in [0.1, 0.15) is 5.56 Å². The molecule has 2 heterocycles. The van der Waals surface area contributed by atoms with Crippen molar-refractivity contribution in [3.63, 3.8) is 0 Å². The lowest BCUT2D eigenvalue weighted by atomic mass is 10.2. The molecule has 142 valence electrons. The van der Waals surface area contributed by atoms with E-state index in [1.807, 2.05) is 30.3 Å². The van der Waals surface area contributed by atoms with Crippen LogP contribution in [-0.4, -0.2) is 37.1 Å². The quantitative estimate of drug-likeness (QED) is 0.468. The van der Waals surface area contributed by atoms with Crippen LogP contribution >= 0.6 is 35.4 Å². The Morgan fingerprint density at radius 2 is 1.93 bits per heavy atom. The van der Waals surface area contributed by atoms with Gasteiger partial charge in [-0.1, -0.05) is 53.6 Å². The maximum atomic E-state index is 6.30. The summed E-state index contributed by atoms with van der Waals surface area (Å²) in [5.74, 6) is 1.22. The van der Waals surface area contributed by atoms with Gasteiger partial charge in [0.2, 0.25) is 5.82 Å². The van der Waals surface area contributed by atoms with Crippen LogP contribution in [0.25, 0.3) is 17.1 Å². The third kappa shape index (κ3) is 3.54. The normalized spacial score (nSPS) is 11.0. The molecule has 0 atom stereocenters. The minimum Gasteiger partial charge on any atom is -0.497 e. The first-order chi connectivity index (χ1) is 13.6. The van der Waals surface area contributed by atoms with E-state index < -0.39 is 0 Å². The zero-order valence-corrected chi connectivity index (χ0v) is 17.0. The number of methoxy groups -OCH3 is 1. The molecule has 0 aliphatic heterocycles. The highest BCUT2D eigenvalue weighted by Crippen LogP contribution is 2.29. The van der Waals surface area contributed by atoms with Crippen molar-refractivity contribution in [2.45, 2.75) is 6.54 Å². The minimum atomic E-state index is 0.407. The molecule has 2 aromatic heterocycles. The number of halogens is 2. The second kappa shape index (κ2) is 7.75. The summed E-state index contributed by atoms with van der Waals surface area (Å²) in [7, 11) is 1.63. The molecule has 0 saturated carbocycles. The fourth-order valence-electron chi connectivity index (χ4n) is 2.69. The topological polar surface area (TPSA) is 73.5 Å². The summed E-state index contributed by atoms with van der Waals surface area (Å²) in [6.07, 6.45) is 1.72. The van der Waals surface area contributed by atoms with Crippen molar-refractivity contribution in [2.24, 2.45) is 0 Å². The van der Waals surface area contributed by atoms with E-state index in [4.69, 9.17) is 40.2 Å². The lowest BCUT2D eigenvalue weighted by Gasteiger charge is -2.06. The van der Waals surface area contributed by atoms with Gasteiger partial charge in [0, 0.05) is 6.20 Å². The highest BCUT2D eigenvalue weighted by Gasteiger charge is 2.15. The number of hydrogen-bond donors (Lipinski definition) is 1. The summed E-state index contributed by atoms with van der Waals surface area (Å²) in [5, 5.41) is 16.6.